The van der Waals surface area contributed by atoms with E-state index in [2.05, 4.69) is 36.4 Å². The van der Waals surface area contributed by atoms with Crippen LogP contribution in [0.1, 0.15) is 90.0 Å². The molecule has 1 rings (SSSR count). The van der Waals surface area contributed by atoms with Crippen LogP contribution >= 0.6 is 22.6 Å². The molecule has 1 aromatic rings. The first-order valence-electron chi connectivity index (χ1n) is 9.98. The fraction of sp³-hybridized carbons (Fsp3) is 0.682. The van der Waals surface area contributed by atoms with Crippen molar-refractivity contribution in [1.29, 1.82) is 0 Å². The molecule has 3 heteroatoms. The smallest absolute Gasteiger partial charge is 0.324 e. The highest BCUT2D eigenvalue weighted by molar-refractivity contribution is 14.1. The number of unbranched alkanes of at least 4 members (excludes halogenated alkanes) is 6. The summed E-state index contributed by atoms with van der Waals surface area (Å²) < 4.78 is -0.786. The summed E-state index contributed by atoms with van der Waals surface area (Å²) in [5, 5.41) is 9.67. The molecule has 0 saturated carbocycles. The molecule has 0 radical (unpaired) electrons. The lowest BCUT2D eigenvalue weighted by Gasteiger charge is -2.23. The van der Waals surface area contributed by atoms with E-state index in [9.17, 15) is 9.90 Å². The normalized spacial score (nSPS) is 14.8. The van der Waals surface area contributed by atoms with Gasteiger partial charge in [0.15, 0.2) is 0 Å². The monoisotopic (exact) mass is 458 g/mol. The molecule has 0 aromatic heterocycles. The minimum absolute atomic E-state index is 0.708. The second kappa shape index (κ2) is 12.7. The summed E-state index contributed by atoms with van der Waals surface area (Å²) in [6, 6.07) is 9.65. The number of carboxylic acid groups (broad SMARTS) is 1. The Kier molecular flexibility index (Phi) is 11.4. The first-order chi connectivity index (χ1) is 12.0. The van der Waals surface area contributed by atoms with Crippen molar-refractivity contribution in [3.8, 4) is 0 Å². The highest BCUT2D eigenvalue weighted by atomic mass is 127. The van der Waals surface area contributed by atoms with E-state index in [0.717, 1.165) is 24.3 Å². The number of benzene rings is 1. The SMILES string of the molecule is CCCCCCC(C)CCCCCCC(I)(C(=O)O)c1ccccc1. The Bertz CT molecular complexity index is 474. The maximum Gasteiger partial charge on any atom is 0.324 e. The Balaban J connectivity index is 2.22. The first kappa shape index (κ1) is 22.5. The zero-order chi connectivity index (χ0) is 18.5. The minimum atomic E-state index is -0.786. The number of halogens is 1. The lowest BCUT2D eigenvalue weighted by atomic mass is 9.92. The molecule has 1 aromatic carbocycles. The standard InChI is InChI=1S/C22H35IO2/c1-3-4-5-9-14-19(2)15-10-6-7-13-18-22(23,21(24)25)20-16-11-8-12-17-20/h8,11-12,16-17,19H,3-7,9-10,13-15,18H2,1-2H3,(H,24,25). The molecule has 1 N–H and O–H groups in total. The molecule has 2 unspecified atom stereocenters. The Morgan fingerprint density at radius 2 is 1.56 bits per heavy atom. The molecule has 0 heterocycles. The number of carbonyl (C=O) groups is 1. The number of carboxylic acids is 1. The first-order valence-corrected chi connectivity index (χ1v) is 11.1. The van der Waals surface area contributed by atoms with E-state index in [1.807, 2.05) is 30.3 Å². The summed E-state index contributed by atoms with van der Waals surface area (Å²) in [6.07, 6.45) is 13.4. The van der Waals surface area contributed by atoms with Crippen molar-refractivity contribution >= 4 is 28.6 Å². The van der Waals surface area contributed by atoms with Crippen LogP contribution in [0.15, 0.2) is 30.3 Å². The van der Waals surface area contributed by atoms with Gasteiger partial charge in [0.2, 0.25) is 0 Å². The molecule has 0 aliphatic carbocycles. The maximum absolute atomic E-state index is 11.8. The van der Waals surface area contributed by atoms with Crippen molar-refractivity contribution < 1.29 is 9.90 Å². The third-order valence-electron chi connectivity index (χ3n) is 5.09. The number of hydrogen-bond acceptors (Lipinski definition) is 1. The van der Waals surface area contributed by atoms with Crippen LogP contribution < -0.4 is 0 Å². The summed E-state index contributed by atoms with van der Waals surface area (Å²) in [5.41, 5.74) is 0.906. The topological polar surface area (TPSA) is 37.3 Å². The van der Waals surface area contributed by atoms with Gasteiger partial charge in [0, 0.05) is 0 Å². The number of hydrogen-bond donors (Lipinski definition) is 1. The van der Waals surface area contributed by atoms with Crippen molar-refractivity contribution in [2.45, 2.75) is 87.9 Å². The van der Waals surface area contributed by atoms with Crippen LogP contribution in [0.2, 0.25) is 0 Å². The zero-order valence-electron chi connectivity index (χ0n) is 16.0. The van der Waals surface area contributed by atoms with Gasteiger partial charge in [0.25, 0.3) is 0 Å². The molecule has 0 amide bonds. The van der Waals surface area contributed by atoms with Gasteiger partial charge in [-0.3, -0.25) is 4.79 Å². The van der Waals surface area contributed by atoms with E-state index in [-0.39, 0.29) is 0 Å². The van der Waals surface area contributed by atoms with Gasteiger partial charge in [0.05, 0.1) is 0 Å². The van der Waals surface area contributed by atoms with E-state index in [1.165, 1.54) is 51.4 Å². The molecule has 0 aliphatic rings. The lowest BCUT2D eigenvalue weighted by Crippen LogP contribution is -2.28. The highest BCUT2D eigenvalue weighted by Gasteiger charge is 2.36. The van der Waals surface area contributed by atoms with E-state index in [0.29, 0.717) is 6.42 Å². The van der Waals surface area contributed by atoms with Gasteiger partial charge >= 0.3 is 5.97 Å². The van der Waals surface area contributed by atoms with Crippen LogP contribution in [0.5, 0.6) is 0 Å². The predicted molar refractivity (Wildman–Crippen MR) is 115 cm³/mol. The highest BCUT2D eigenvalue weighted by Crippen LogP contribution is 2.37. The Hall–Kier alpha value is -0.580. The molecular weight excluding hydrogens is 423 g/mol. The van der Waals surface area contributed by atoms with Crippen LogP contribution in [0.3, 0.4) is 0 Å². The van der Waals surface area contributed by atoms with Gasteiger partial charge in [-0.2, -0.15) is 0 Å². The number of alkyl halides is 1. The lowest BCUT2D eigenvalue weighted by molar-refractivity contribution is -0.139. The molecule has 0 fully saturated rings. The van der Waals surface area contributed by atoms with Crippen LogP contribution in [0, 0.1) is 5.92 Å². The number of aliphatic carboxylic acids is 1. The van der Waals surface area contributed by atoms with Gasteiger partial charge in [-0.1, -0.05) is 131 Å². The summed E-state index contributed by atoms with van der Waals surface area (Å²) in [4.78, 5) is 11.8. The zero-order valence-corrected chi connectivity index (χ0v) is 18.1. The molecule has 0 aliphatic heterocycles. The fourth-order valence-electron chi connectivity index (χ4n) is 3.36. The van der Waals surface area contributed by atoms with Crippen molar-refractivity contribution in [3.63, 3.8) is 0 Å². The van der Waals surface area contributed by atoms with Crippen molar-refractivity contribution in [2.75, 3.05) is 0 Å². The van der Waals surface area contributed by atoms with Gasteiger partial charge in [-0.25, -0.2) is 0 Å². The molecule has 25 heavy (non-hydrogen) atoms. The third-order valence-corrected chi connectivity index (χ3v) is 6.71. The van der Waals surface area contributed by atoms with E-state index < -0.39 is 9.39 Å². The van der Waals surface area contributed by atoms with Gasteiger partial charge < -0.3 is 5.11 Å². The minimum Gasteiger partial charge on any atom is -0.480 e. The van der Waals surface area contributed by atoms with Gasteiger partial charge in [0.1, 0.15) is 3.42 Å². The van der Waals surface area contributed by atoms with Crippen LogP contribution in [-0.4, -0.2) is 11.1 Å². The Morgan fingerprint density at radius 3 is 2.12 bits per heavy atom. The average Bonchev–Trinajstić information content (AvgIpc) is 2.62. The Morgan fingerprint density at radius 1 is 1.00 bits per heavy atom. The Labute approximate surface area is 167 Å². The van der Waals surface area contributed by atoms with Gasteiger partial charge in [-0.15, -0.1) is 0 Å². The van der Waals surface area contributed by atoms with E-state index in [4.69, 9.17) is 0 Å². The van der Waals surface area contributed by atoms with Crippen molar-refractivity contribution in [1.82, 2.24) is 0 Å². The molecule has 2 atom stereocenters. The van der Waals surface area contributed by atoms with Crippen LogP contribution in [0.25, 0.3) is 0 Å². The van der Waals surface area contributed by atoms with Crippen LogP contribution in [-0.2, 0) is 8.22 Å². The van der Waals surface area contributed by atoms with E-state index >= 15 is 0 Å². The number of rotatable bonds is 14. The van der Waals surface area contributed by atoms with Crippen molar-refractivity contribution in [3.05, 3.63) is 35.9 Å². The summed E-state index contributed by atoms with van der Waals surface area (Å²) in [5.74, 6) is 0.115. The van der Waals surface area contributed by atoms with Crippen LogP contribution in [0.4, 0.5) is 0 Å². The quantitative estimate of drug-likeness (QED) is 0.180. The second-order valence-corrected chi connectivity index (χ2v) is 9.22. The predicted octanol–water partition coefficient (Wildman–Crippen LogP) is 7.35. The molecule has 0 bridgehead atoms. The van der Waals surface area contributed by atoms with Crippen molar-refractivity contribution in [2.24, 2.45) is 5.92 Å². The molecule has 0 saturated heterocycles. The molecule has 2 nitrogen and oxygen atoms in total. The average molecular weight is 458 g/mol. The van der Waals surface area contributed by atoms with E-state index in [1.54, 1.807) is 0 Å². The maximum atomic E-state index is 11.8. The third kappa shape index (κ3) is 8.57. The molecule has 0 spiro atoms. The largest absolute Gasteiger partial charge is 0.480 e. The summed E-state index contributed by atoms with van der Waals surface area (Å²) in [6.45, 7) is 4.64. The van der Waals surface area contributed by atoms with Gasteiger partial charge in [-0.05, 0) is 17.9 Å². The molecular formula is C22H35IO2. The molecule has 142 valence electrons. The second-order valence-electron chi connectivity index (χ2n) is 7.38. The summed E-state index contributed by atoms with van der Waals surface area (Å²) >= 11 is 2.12. The summed E-state index contributed by atoms with van der Waals surface area (Å²) in [7, 11) is 0. The fourth-order valence-corrected chi connectivity index (χ4v) is 4.10.